The number of morpholine rings is 1. The van der Waals surface area contributed by atoms with Gasteiger partial charge in [-0.15, -0.1) is 0 Å². The number of halogens is 4. The largest absolute Gasteiger partial charge is 0.471 e. The van der Waals surface area contributed by atoms with Gasteiger partial charge in [0.2, 0.25) is 0 Å². The SMILES string of the molecule is CNC(=O)c1ccc(-c2nc3cc(C(O)C(F)(F)F)ccn3c2CC2CN(C)CCO2)c(F)c1.COC=O. The van der Waals surface area contributed by atoms with E-state index in [1.54, 1.807) is 4.40 Å². The summed E-state index contributed by atoms with van der Waals surface area (Å²) in [6.45, 7) is 2.28. The zero-order chi connectivity index (χ0) is 28.0. The smallest absolute Gasteiger partial charge is 0.418 e. The third kappa shape index (κ3) is 6.65. The number of nitrogens with one attached hydrogen (secondary N) is 1. The lowest BCUT2D eigenvalue weighted by Crippen LogP contribution is -2.41. The summed E-state index contributed by atoms with van der Waals surface area (Å²) in [5, 5.41) is 12.1. The number of amides is 1. The van der Waals surface area contributed by atoms with Crippen molar-refractivity contribution in [1.29, 1.82) is 0 Å². The van der Waals surface area contributed by atoms with Crippen molar-refractivity contribution in [2.45, 2.75) is 24.8 Å². The van der Waals surface area contributed by atoms with Crippen LogP contribution in [0.2, 0.25) is 0 Å². The lowest BCUT2D eigenvalue weighted by Gasteiger charge is -2.30. The van der Waals surface area contributed by atoms with Gasteiger partial charge in [0.05, 0.1) is 31.2 Å². The van der Waals surface area contributed by atoms with E-state index >= 15 is 4.39 Å². The number of aromatic nitrogens is 2. The van der Waals surface area contributed by atoms with Gasteiger partial charge in [-0.2, -0.15) is 13.2 Å². The molecule has 1 amide bonds. The second-order valence-electron chi connectivity index (χ2n) is 8.60. The molecule has 2 atom stereocenters. The van der Waals surface area contributed by atoms with Crippen LogP contribution in [0.4, 0.5) is 17.6 Å². The Morgan fingerprint density at radius 3 is 2.63 bits per heavy atom. The Balaban J connectivity index is 0.000000934. The fraction of sp³-hybridized carbons (Fsp3) is 0.400. The highest BCUT2D eigenvalue weighted by Crippen LogP contribution is 2.34. The summed E-state index contributed by atoms with van der Waals surface area (Å²) in [6, 6.07) is 6.26. The van der Waals surface area contributed by atoms with E-state index in [9.17, 15) is 23.1 Å². The molecule has 13 heteroatoms. The number of methoxy groups -OCH3 is 1. The van der Waals surface area contributed by atoms with Crippen molar-refractivity contribution < 1.29 is 41.7 Å². The number of likely N-dealkylation sites (N-methyl/N-ethyl adjacent to an activating group) is 1. The highest BCUT2D eigenvalue weighted by molar-refractivity contribution is 5.94. The van der Waals surface area contributed by atoms with Crippen molar-refractivity contribution in [1.82, 2.24) is 19.6 Å². The Hall–Kier alpha value is -3.55. The fourth-order valence-electron chi connectivity index (χ4n) is 4.08. The number of benzene rings is 1. The minimum atomic E-state index is -4.83. The molecule has 0 spiro atoms. The molecule has 0 saturated carbocycles. The summed E-state index contributed by atoms with van der Waals surface area (Å²) >= 11 is 0. The van der Waals surface area contributed by atoms with E-state index < -0.39 is 24.0 Å². The van der Waals surface area contributed by atoms with Gasteiger partial charge in [0.15, 0.2) is 6.10 Å². The van der Waals surface area contributed by atoms with E-state index in [0.29, 0.717) is 31.7 Å². The average molecular weight is 541 g/mol. The van der Waals surface area contributed by atoms with Gasteiger partial charge >= 0.3 is 6.18 Å². The quantitative estimate of drug-likeness (QED) is 0.366. The number of alkyl halides is 3. The number of aliphatic hydroxyl groups excluding tert-OH is 1. The van der Waals surface area contributed by atoms with E-state index in [1.165, 1.54) is 38.6 Å². The first kappa shape index (κ1) is 29.0. The molecule has 1 aliphatic heterocycles. The van der Waals surface area contributed by atoms with Crippen LogP contribution >= 0.6 is 0 Å². The lowest BCUT2D eigenvalue weighted by molar-refractivity contribution is -0.206. The molecule has 2 unspecified atom stereocenters. The molecule has 0 aliphatic carbocycles. The predicted molar refractivity (Wildman–Crippen MR) is 129 cm³/mol. The molecular formula is C25H28F4N4O5. The molecule has 4 rings (SSSR count). The average Bonchev–Trinajstić information content (AvgIpc) is 3.24. The van der Waals surface area contributed by atoms with Crippen LogP contribution in [0.5, 0.6) is 0 Å². The standard InChI is InChI=1S/C23H24F4N4O3.C2H4O2/c1-28-22(33)14-3-4-16(17(24)9-14)20-18(11-15-12-30(2)7-8-34-15)31-6-5-13(10-19(31)29-20)21(32)23(25,26)27;1-4-2-3/h3-6,9-10,15,21,32H,7-8,11-12H2,1-2H3,(H,28,33);2H,1H3. The van der Waals surface area contributed by atoms with Crippen molar-refractivity contribution in [3.63, 3.8) is 0 Å². The van der Waals surface area contributed by atoms with Crippen molar-refractivity contribution in [3.05, 3.63) is 59.2 Å². The fourth-order valence-corrected chi connectivity index (χ4v) is 4.08. The molecule has 2 aromatic heterocycles. The highest BCUT2D eigenvalue weighted by atomic mass is 19.4. The first-order chi connectivity index (χ1) is 18.0. The summed E-state index contributed by atoms with van der Waals surface area (Å²) in [6.07, 6.45) is -6.02. The minimum Gasteiger partial charge on any atom is -0.471 e. The normalized spacial score (nSPS) is 16.9. The number of imidazole rings is 1. The van der Waals surface area contributed by atoms with E-state index in [4.69, 9.17) is 9.53 Å². The zero-order valence-corrected chi connectivity index (χ0v) is 21.0. The maximum Gasteiger partial charge on any atom is 0.418 e. The second-order valence-corrected chi connectivity index (χ2v) is 8.60. The van der Waals surface area contributed by atoms with Gasteiger partial charge in [-0.05, 0) is 42.9 Å². The second kappa shape index (κ2) is 12.3. The first-order valence-electron chi connectivity index (χ1n) is 11.5. The number of aliphatic hydroxyl groups is 1. The van der Waals surface area contributed by atoms with Crippen LogP contribution in [0.15, 0.2) is 36.5 Å². The summed E-state index contributed by atoms with van der Waals surface area (Å²) < 4.78 is 65.5. The van der Waals surface area contributed by atoms with Crippen molar-refractivity contribution in [2.75, 3.05) is 40.9 Å². The van der Waals surface area contributed by atoms with Crippen LogP contribution in [-0.4, -0.2) is 85.0 Å². The number of hydrogen-bond acceptors (Lipinski definition) is 7. The number of nitrogens with zero attached hydrogens (tertiary/aromatic N) is 3. The van der Waals surface area contributed by atoms with E-state index in [2.05, 4.69) is 19.9 Å². The van der Waals surface area contributed by atoms with Crippen molar-refractivity contribution in [3.8, 4) is 11.3 Å². The summed E-state index contributed by atoms with van der Waals surface area (Å²) in [5.41, 5.74) is 0.777. The van der Waals surface area contributed by atoms with Crippen LogP contribution in [0.25, 0.3) is 16.9 Å². The van der Waals surface area contributed by atoms with Gasteiger partial charge < -0.3 is 29.2 Å². The third-order valence-electron chi connectivity index (χ3n) is 5.95. The van der Waals surface area contributed by atoms with Crippen LogP contribution in [0, 0.1) is 5.82 Å². The summed E-state index contributed by atoms with van der Waals surface area (Å²) in [4.78, 5) is 27.3. The van der Waals surface area contributed by atoms with Crippen molar-refractivity contribution >= 4 is 18.0 Å². The Labute approximate surface area is 216 Å². The molecule has 206 valence electrons. The van der Waals surface area contributed by atoms with Gasteiger partial charge in [0.25, 0.3) is 12.4 Å². The first-order valence-corrected chi connectivity index (χ1v) is 11.5. The number of fused-ring (bicyclic) bond motifs is 1. The molecule has 1 aromatic carbocycles. The molecule has 3 aromatic rings. The third-order valence-corrected chi connectivity index (χ3v) is 5.95. The van der Waals surface area contributed by atoms with E-state index in [-0.39, 0.29) is 34.1 Å². The van der Waals surface area contributed by atoms with Crippen LogP contribution < -0.4 is 5.32 Å². The van der Waals surface area contributed by atoms with Gasteiger partial charge in [-0.1, -0.05) is 0 Å². The Bertz CT molecular complexity index is 1280. The van der Waals surface area contributed by atoms with E-state index in [0.717, 1.165) is 18.7 Å². The van der Waals surface area contributed by atoms with Gasteiger partial charge in [-0.3, -0.25) is 9.59 Å². The lowest BCUT2D eigenvalue weighted by atomic mass is 10.0. The molecule has 2 N–H and O–H groups in total. The Morgan fingerprint density at radius 1 is 1.34 bits per heavy atom. The molecule has 0 radical (unpaired) electrons. The molecular weight excluding hydrogens is 512 g/mol. The zero-order valence-electron chi connectivity index (χ0n) is 21.0. The molecule has 38 heavy (non-hydrogen) atoms. The van der Waals surface area contributed by atoms with Crippen LogP contribution in [0.3, 0.4) is 0 Å². The molecule has 1 saturated heterocycles. The van der Waals surface area contributed by atoms with Crippen LogP contribution in [0.1, 0.15) is 27.7 Å². The van der Waals surface area contributed by atoms with E-state index in [1.807, 2.05) is 7.05 Å². The summed E-state index contributed by atoms with van der Waals surface area (Å²) in [5.74, 6) is -1.15. The number of ether oxygens (including phenoxy) is 2. The topological polar surface area (TPSA) is 105 Å². The van der Waals surface area contributed by atoms with Gasteiger partial charge in [0, 0.05) is 43.9 Å². The number of carbonyl (C=O) groups excluding carboxylic acids is 2. The summed E-state index contributed by atoms with van der Waals surface area (Å²) in [7, 11) is 4.70. The van der Waals surface area contributed by atoms with Gasteiger partial charge in [-0.25, -0.2) is 9.37 Å². The molecule has 9 nitrogen and oxygen atoms in total. The Kier molecular flexibility index (Phi) is 9.41. The minimum absolute atomic E-state index is 0.105. The molecule has 0 bridgehead atoms. The molecule has 3 heterocycles. The number of carbonyl (C=O) groups is 2. The molecule has 1 aliphatic rings. The monoisotopic (exact) mass is 540 g/mol. The van der Waals surface area contributed by atoms with Gasteiger partial charge in [0.1, 0.15) is 11.5 Å². The van der Waals surface area contributed by atoms with Crippen molar-refractivity contribution in [2.24, 2.45) is 0 Å². The van der Waals surface area contributed by atoms with Crippen LogP contribution in [-0.2, 0) is 20.7 Å². The predicted octanol–water partition coefficient (Wildman–Crippen LogP) is 2.76. The Morgan fingerprint density at radius 2 is 2.05 bits per heavy atom. The number of hydrogen-bond donors (Lipinski definition) is 2. The number of rotatable bonds is 6. The highest BCUT2D eigenvalue weighted by Gasteiger charge is 2.39. The maximum atomic E-state index is 15.1. The maximum absolute atomic E-state index is 15.1. The molecule has 1 fully saturated rings. The number of pyridine rings is 1.